The molecule has 0 radical (unpaired) electrons. The third-order valence-electron chi connectivity index (χ3n) is 3.45. The van der Waals surface area contributed by atoms with Crippen molar-refractivity contribution in [1.29, 1.82) is 0 Å². The molecule has 0 aliphatic carbocycles. The molecular formula is C12H21N3O4. The molecule has 0 fully saturated rings. The summed E-state index contributed by atoms with van der Waals surface area (Å²) in [7, 11) is 2.98. The van der Waals surface area contributed by atoms with Gasteiger partial charge in [0.05, 0.1) is 18.8 Å². The summed E-state index contributed by atoms with van der Waals surface area (Å²) in [5.41, 5.74) is -1.18. The second kappa shape index (κ2) is 6.14. The van der Waals surface area contributed by atoms with Crippen molar-refractivity contribution in [3.8, 4) is 0 Å². The van der Waals surface area contributed by atoms with Crippen LogP contribution in [0, 0.1) is 0 Å². The molecule has 0 aliphatic rings. The van der Waals surface area contributed by atoms with Crippen LogP contribution in [0.4, 0.5) is 0 Å². The Hall–Kier alpha value is -1.44. The number of aryl methyl sites for hydroxylation is 1. The number of aliphatic hydroxyl groups excluding tert-OH is 2. The minimum Gasteiger partial charge on any atom is -0.394 e. The van der Waals surface area contributed by atoms with E-state index in [4.69, 9.17) is 0 Å². The second-order valence-corrected chi connectivity index (χ2v) is 4.72. The van der Waals surface area contributed by atoms with Crippen molar-refractivity contribution < 1.29 is 10.2 Å². The van der Waals surface area contributed by atoms with Crippen LogP contribution >= 0.6 is 0 Å². The number of aromatic nitrogens is 2. The van der Waals surface area contributed by atoms with Gasteiger partial charge in [0.25, 0.3) is 5.56 Å². The quantitative estimate of drug-likeness (QED) is 0.573. The highest BCUT2D eigenvalue weighted by Gasteiger charge is 2.26. The smallest absolute Gasteiger partial charge is 0.330 e. The zero-order valence-electron chi connectivity index (χ0n) is 11.5. The van der Waals surface area contributed by atoms with Gasteiger partial charge in [-0.15, -0.1) is 0 Å². The molecule has 19 heavy (non-hydrogen) atoms. The van der Waals surface area contributed by atoms with Gasteiger partial charge in [0.1, 0.15) is 0 Å². The zero-order chi connectivity index (χ0) is 14.6. The average molecular weight is 271 g/mol. The Balaban J connectivity index is 3.02. The Morgan fingerprint density at radius 2 is 1.84 bits per heavy atom. The number of aliphatic hydroxyl groups is 2. The van der Waals surface area contributed by atoms with E-state index < -0.39 is 5.54 Å². The fraction of sp³-hybridized carbons (Fsp3) is 0.667. The minimum absolute atomic E-state index is 0.176. The lowest BCUT2D eigenvalue weighted by molar-refractivity contribution is 0.0862. The van der Waals surface area contributed by atoms with Gasteiger partial charge in [0, 0.05) is 32.4 Å². The van der Waals surface area contributed by atoms with E-state index in [1.807, 2.05) is 6.92 Å². The van der Waals surface area contributed by atoms with E-state index in [9.17, 15) is 19.8 Å². The lowest BCUT2D eigenvalue weighted by Gasteiger charge is -2.29. The molecule has 0 spiro atoms. The molecule has 0 amide bonds. The first-order valence-corrected chi connectivity index (χ1v) is 6.13. The summed E-state index contributed by atoms with van der Waals surface area (Å²) in [5, 5.41) is 21.6. The summed E-state index contributed by atoms with van der Waals surface area (Å²) in [6, 6.07) is 0. The fourth-order valence-electron chi connectivity index (χ4n) is 1.80. The molecule has 3 N–H and O–H groups in total. The summed E-state index contributed by atoms with van der Waals surface area (Å²) in [5.74, 6) is 0. The first kappa shape index (κ1) is 15.6. The molecule has 0 atom stereocenters. The molecular weight excluding hydrogens is 250 g/mol. The Labute approximate surface area is 111 Å². The Kier molecular flexibility index (Phi) is 5.04. The molecule has 1 aromatic heterocycles. The van der Waals surface area contributed by atoms with Crippen molar-refractivity contribution in [3.63, 3.8) is 0 Å². The van der Waals surface area contributed by atoms with Crippen molar-refractivity contribution >= 4 is 0 Å². The van der Waals surface area contributed by atoms with Gasteiger partial charge in [0.2, 0.25) is 0 Å². The number of nitrogens with one attached hydrogen (secondary N) is 1. The fourth-order valence-corrected chi connectivity index (χ4v) is 1.80. The van der Waals surface area contributed by atoms with E-state index in [0.717, 1.165) is 4.57 Å². The van der Waals surface area contributed by atoms with Crippen molar-refractivity contribution in [1.82, 2.24) is 14.5 Å². The number of hydrogen-bond donors (Lipinski definition) is 3. The molecule has 1 aromatic rings. The molecule has 0 unspecified atom stereocenters. The van der Waals surface area contributed by atoms with Crippen LogP contribution in [-0.4, -0.2) is 38.1 Å². The first-order chi connectivity index (χ1) is 8.90. The van der Waals surface area contributed by atoms with Crippen molar-refractivity contribution in [3.05, 3.63) is 32.6 Å². The van der Waals surface area contributed by atoms with Gasteiger partial charge in [-0.3, -0.25) is 9.36 Å². The van der Waals surface area contributed by atoms with Crippen LogP contribution in [0.2, 0.25) is 0 Å². The molecule has 108 valence electrons. The zero-order valence-corrected chi connectivity index (χ0v) is 11.5. The molecule has 0 saturated heterocycles. The molecule has 1 rings (SSSR count). The van der Waals surface area contributed by atoms with E-state index >= 15 is 0 Å². The Morgan fingerprint density at radius 3 is 2.32 bits per heavy atom. The molecule has 7 heteroatoms. The van der Waals surface area contributed by atoms with Crippen LogP contribution in [0.25, 0.3) is 0 Å². The predicted octanol–water partition coefficient (Wildman–Crippen LogP) is -1.69. The highest BCUT2D eigenvalue weighted by Crippen LogP contribution is 2.08. The lowest BCUT2D eigenvalue weighted by Crippen LogP contribution is -2.52. The highest BCUT2D eigenvalue weighted by atomic mass is 16.3. The van der Waals surface area contributed by atoms with Crippen LogP contribution in [0.1, 0.15) is 18.9 Å². The van der Waals surface area contributed by atoms with Gasteiger partial charge >= 0.3 is 5.69 Å². The van der Waals surface area contributed by atoms with Crippen molar-refractivity contribution in [2.24, 2.45) is 14.1 Å². The minimum atomic E-state index is -0.820. The Morgan fingerprint density at radius 1 is 1.26 bits per heavy atom. The maximum atomic E-state index is 11.9. The molecule has 0 aromatic carbocycles. The molecule has 1 heterocycles. The average Bonchev–Trinajstić information content (AvgIpc) is 2.43. The normalized spacial score (nSPS) is 11.8. The van der Waals surface area contributed by atoms with Gasteiger partial charge in [0.15, 0.2) is 0 Å². The van der Waals surface area contributed by atoms with Gasteiger partial charge in [-0.2, -0.15) is 0 Å². The van der Waals surface area contributed by atoms with Gasteiger partial charge in [-0.25, -0.2) is 4.79 Å². The van der Waals surface area contributed by atoms with Crippen LogP contribution < -0.4 is 16.6 Å². The topological polar surface area (TPSA) is 96.5 Å². The number of nitrogens with zero attached hydrogens (tertiary/aromatic N) is 2. The summed E-state index contributed by atoms with van der Waals surface area (Å²) in [6.45, 7) is 1.55. The van der Waals surface area contributed by atoms with Crippen molar-refractivity contribution in [2.75, 3.05) is 13.2 Å². The van der Waals surface area contributed by atoms with Crippen LogP contribution in [0.5, 0.6) is 0 Å². The van der Waals surface area contributed by atoms with E-state index in [1.54, 1.807) is 7.05 Å². The molecule has 0 saturated carbocycles. The van der Waals surface area contributed by atoms with Crippen LogP contribution in [0.15, 0.2) is 15.8 Å². The van der Waals surface area contributed by atoms with E-state index in [2.05, 4.69) is 5.32 Å². The van der Waals surface area contributed by atoms with E-state index in [0.29, 0.717) is 12.0 Å². The molecule has 7 nitrogen and oxygen atoms in total. The number of rotatable bonds is 6. The lowest BCUT2D eigenvalue weighted by atomic mass is 9.98. The number of hydrogen-bond acceptors (Lipinski definition) is 5. The van der Waals surface area contributed by atoms with Gasteiger partial charge in [-0.1, -0.05) is 6.92 Å². The first-order valence-electron chi connectivity index (χ1n) is 6.13. The van der Waals surface area contributed by atoms with Gasteiger partial charge < -0.3 is 20.1 Å². The summed E-state index contributed by atoms with van der Waals surface area (Å²) >= 11 is 0. The van der Waals surface area contributed by atoms with E-state index in [1.165, 1.54) is 17.8 Å². The largest absolute Gasteiger partial charge is 0.394 e. The standard InChI is InChI=1S/C12H21N3O4/c1-4-12(7-16,8-17)13-5-9-6-14(2)11(19)15(3)10(9)18/h6,13,16-17H,4-5,7-8H2,1-3H3. The SMILES string of the molecule is CCC(CO)(CO)NCc1cn(C)c(=O)n(C)c1=O. The Bertz CT molecular complexity index is 535. The molecule has 0 aliphatic heterocycles. The molecule has 0 bridgehead atoms. The van der Waals surface area contributed by atoms with E-state index in [-0.39, 0.29) is 31.0 Å². The van der Waals surface area contributed by atoms with Crippen molar-refractivity contribution in [2.45, 2.75) is 25.4 Å². The summed E-state index contributed by atoms with van der Waals surface area (Å²) < 4.78 is 2.35. The second-order valence-electron chi connectivity index (χ2n) is 4.72. The summed E-state index contributed by atoms with van der Waals surface area (Å²) in [6.07, 6.45) is 1.99. The monoisotopic (exact) mass is 271 g/mol. The van der Waals surface area contributed by atoms with Crippen LogP contribution in [-0.2, 0) is 20.6 Å². The maximum absolute atomic E-state index is 11.9. The summed E-state index contributed by atoms with van der Waals surface area (Å²) in [4.78, 5) is 23.4. The third-order valence-corrected chi connectivity index (χ3v) is 3.45. The predicted molar refractivity (Wildman–Crippen MR) is 71.0 cm³/mol. The maximum Gasteiger partial charge on any atom is 0.330 e. The van der Waals surface area contributed by atoms with Crippen LogP contribution in [0.3, 0.4) is 0 Å². The third kappa shape index (κ3) is 3.12. The van der Waals surface area contributed by atoms with Gasteiger partial charge in [-0.05, 0) is 6.42 Å². The highest BCUT2D eigenvalue weighted by molar-refractivity contribution is 5.06.